The van der Waals surface area contributed by atoms with Gasteiger partial charge in [-0.3, -0.25) is 4.79 Å². The van der Waals surface area contributed by atoms with Gasteiger partial charge in [0.1, 0.15) is 5.82 Å². The zero-order valence-corrected chi connectivity index (χ0v) is 18.2. The Morgan fingerprint density at radius 1 is 1.10 bits per heavy atom. The maximum atomic E-state index is 14.1. The Hall–Kier alpha value is -1.14. The highest BCUT2D eigenvalue weighted by Crippen LogP contribution is 2.48. The lowest BCUT2D eigenvalue weighted by molar-refractivity contribution is 0.0891. The topological polar surface area (TPSA) is 63.2 Å². The second-order valence-electron chi connectivity index (χ2n) is 9.40. The average Bonchev–Trinajstić information content (AvgIpc) is 3.58. The first-order chi connectivity index (χ1) is 13.8. The maximum Gasteiger partial charge on any atom is 0.255 e. The molecule has 1 amide bonds. The molecule has 0 bridgehead atoms. The molecule has 29 heavy (non-hydrogen) atoms. The standard InChI is InChI=1S/C22H29ClFNO3S/c23-18-2-1-3-19(24)20(18)21(26)25-14-22(12-15-4-5-15)10-8-17(9-11-22)29(27,28)13-16-6-7-16/h1-3,15-17H,4-14H2,(H,25,26). The molecule has 0 aromatic heterocycles. The monoisotopic (exact) mass is 441 g/mol. The molecule has 0 spiro atoms. The summed E-state index contributed by atoms with van der Waals surface area (Å²) >= 11 is 6.02. The van der Waals surface area contributed by atoms with Crippen molar-refractivity contribution >= 4 is 27.3 Å². The number of amides is 1. The molecule has 1 aromatic rings. The number of halogens is 2. The highest BCUT2D eigenvalue weighted by Gasteiger charge is 2.43. The molecule has 3 saturated carbocycles. The summed E-state index contributed by atoms with van der Waals surface area (Å²) in [6.07, 6.45) is 8.43. The van der Waals surface area contributed by atoms with Gasteiger partial charge in [0.15, 0.2) is 9.84 Å². The van der Waals surface area contributed by atoms with Gasteiger partial charge in [0, 0.05) is 6.54 Å². The van der Waals surface area contributed by atoms with Gasteiger partial charge in [-0.05, 0) is 74.3 Å². The summed E-state index contributed by atoms with van der Waals surface area (Å²) in [5.74, 6) is 0.273. The van der Waals surface area contributed by atoms with Crippen LogP contribution in [0.4, 0.5) is 4.39 Å². The molecule has 1 aromatic carbocycles. The molecule has 0 heterocycles. The lowest BCUT2D eigenvalue weighted by Crippen LogP contribution is -2.43. The number of sulfone groups is 1. The zero-order valence-electron chi connectivity index (χ0n) is 16.6. The smallest absolute Gasteiger partial charge is 0.255 e. The van der Waals surface area contributed by atoms with Crippen molar-refractivity contribution in [1.82, 2.24) is 5.32 Å². The van der Waals surface area contributed by atoms with Crippen LogP contribution < -0.4 is 5.32 Å². The van der Waals surface area contributed by atoms with Gasteiger partial charge >= 0.3 is 0 Å². The van der Waals surface area contributed by atoms with Crippen LogP contribution in [0.2, 0.25) is 5.02 Å². The fourth-order valence-corrected chi connectivity index (χ4v) is 7.24. The summed E-state index contributed by atoms with van der Waals surface area (Å²) in [6.45, 7) is 0.447. The van der Waals surface area contributed by atoms with E-state index in [-0.39, 0.29) is 21.3 Å². The average molecular weight is 442 g/mol. The number of benzene rings is 1. The van der Waals surface area contributed by atoms with Gasteiger partial charge in [-0.15, -0.1) is 0 Å². The Kier molecular flexibility index (Phi) is 5.95. The van der Waals surface area contributed by atoms with Crippen molar-refractivity contribution in [3.05, 3.63) is 34.6 Å². The summed E-state index contributed by atoms with van der Waals surface area (Å²) in [7, 11) is -3.02. The summed E-state index contributed by atoms with van der Waals surface area (Å²) < 4.78 is 39.4. The quantitative estimate of drug-likeness (QED) is 0.632. The highest BCUT2D eigenvalue weighted by atomic mass is 35.5. The Balaban J connectivity index is 1.41. The van der Waals surface area contributed by atoms with Gasteiger partial charge < -0.3 is 5.32 Å². The third kappa shape index (κ3) is 5.13. The van der Waals surface area contributed by atoms with Crippen LogP contribution in [0.1, 0.15) is 68.1 Å². The molecule has 0 saturated heterocycles. The van der Waals surface area contributed by atoms with Crippen LogP contribution in [0.25, 0.3) is 0 Å². The van der Waals surface area contributed by atoms with Gasteiger partial charge in [0.05, 0.1) is 21.6 Å². The first-order valence-corrected chi connectivity index (χ1v) is 12.8. The van der Waals surface area contributed by atoms with E-state index in [0.29, 0.717) is 37.0 Å². The van der Waals surface area contributed by atoms with E-state index < -0.39 is 21.6 Å². The lowest BCUT2D eigenvalue weighted by Gasteiger charge is -2.40. The van der Waals surface area contributed by atoms with E-state index in [9.17, 15) is 17.6 Å². The van der Waals surface area contributed by atoms with E-state index in [4.69, 9.17) is 11.6 Å². The maximum absolute atomic E-state index is 14.1. The van der Waals surface area contributed by atoms with Crippen molar-refractivity contribution in [2.45, 2.75) is 63.0 Å². The van der Waals surface area contributed by atoms with Gasteiger partial charge in [0.2, 0.25) is 0 Å². The van der Waals surface area contributed by atoms with Gasteiger partial charge in [-0.2, -0.15) is 0 Å². The molecule has 4 rings (SSSR count). The van der Waals surface area contributed by atoms with Crippen LogP contribution in [-0.2, 0) is 9.84 Å². The summed E-state index contributed by atoms with van der Waals surface area (Å²) in [6, 6.07) is 4.22. The number of rotatable bonds is 8. The molecular weight excluding hydrogens is 413 g/mol. The molecule has 0 atom stereocenters. The SMILES string of the molecule is O=C(NCC1(CC2CC2)CCC(S(=O)(=O)CC2CC2)CC1)c1c(F)cccc1Cl. The molecule has 3 aliphatic rings. The van der Waals surface area contributed by atoms with Crippen molar-refractivity contribution in [3.63, 3.8) is 0 Å². The van der Waals surface area contributed by atoms with Crippen LogP contribution in [0.15, 0.2) is 18.2 Å². The summed E-state index contributed by atoms with van der Waals surface area (Å²) in [5.41, 5.74) is -0.211. The van der Waals surface area contributed by atoms with Gasteiger partial charge in [-0.25, -0.2) is 12.8 Å². The molecule has 0 radical (unpaired) electrons. The van der Waals surface area contributed by atoms with Crippen molar-refractivity contribution < 1.29 is 17.6 Å². The van der Waals surface area contributed by atoms with E-state index in [0.717, 1.165) is 32.1 Å². The molecular formula is C22H29ClFNO3S. The van der Waals surface area contributed by atoms with Crippen LogP contribution in [0.5, 0.6) is 0 Å². The molecule has 0 aliphatic heterocycles. The van der Waals surface area contributed by atoms with Crippen LogP contribution in [-0.4, -0.2) is 31.9 Å². The minimum Gasteiger partial charge on any atom is -0.351 e. The van der Waals surface area contributed by atoms with Gasteiger partial charge in [-0.1, -0.05) is 30.5 Å². The van der Waals surface area contributed by atoms with E-state index >= 15 is 0 Å². The molecule has 4 nitrogen and oxygen atoms in total. The van der Waals surface area contributed by atoms with E-state index in [2.05, 4.69) is 5.32 Å². The molecule has 3 fully saturated rings. The predicted molar refractivity (Wildman–Crippen MR) is 112 cm³/mol. The van der Waals surface area contributed by atoms with E-state index in [1.54, 1.807) is 0 Å². The third-order valence-corrected chi connectivity index (χ3v) is 9.64. The fraction of sp³-hybridized carbons (Fsp3) is 0.682. The Bertz CT molecular complexity index is 852. The van der Waals surface area contributed by atoms with Crippen molar-refractivity contribution in [1.29, 1.82) is 0 Å². The van der Waals surface area contributed by atoms with Crippen molar-refractivity contribution in [3.8, 4) is 0 Å². The Labute approximate surface area is 177 Å². The number of hydrogen-bond acceptors (Lipinski definition) is 3. The minimum absolute atomic E-state index is 0.0971. The molecule has 3 aliphatic carbocycles. The third-order valence-electron chi connectivity index (χ3n) is 6.90. The number of nitrogens with one attached hydrogen (secondary N) is 1. The Morgan fingerprint density at radius 2 is 1.76 bits per heavy atom. The summed E-state index contributed by atoms with van der Waals surface area (Å²) in [5, 5.41) is 2.77. The zero-order chi connectivity index (χ0) is 20.6. The Morgan fingerprint density at radius 3 is 2.34 bits per heavy atom. The molecule has 7 heteroatoms. The fourth-order valence-electron chi connectivity index (χ4n) is 4.77. The van der Waals surface area contributed by atoms with Crippen LogP contribution >= 0.6 is 11.6 Å². The number of carbonyl (C=O) groups is 1. The highest BCUT2D eigenvalue weighted by molar-refractivity contribution is 7.92. The molecule has 160 valence electrons. The molecule has 0 unspecified atom stereocenters. The largest absolute Gasteiger partial charge is 0.351 e. The molecule has 1 N–H and O–H groups in total. The van der Waals surface area contributed by atoms with Crippen molar-refractivity contribution in [2.24, 2.45) is 17.3 Å². The normalized spacial score (nSPS) is 27.6. The van der Waals surface area contributed by atoms with Crippen molar-refractivity contribution in [2.75, 3.05) is 12.3 Å². The first-order valence-electron chi connectivity index (χ1n) is 10.7. The second kappa shape index (κ2) is 8.18. The lowest BCUT2D eigenvalue weighted by atomic mass is 9.70. The van der Waals surface area contributed by atoms with Crippen LogP contribution in [0, 0.1) is 23.1 Å². The summed E-state index contributed by atoms with van der Waals surface area (Å²) in [4.78, 5) is 12.6. The minimum atomic E-state index is -3.02. The van der Waals surface area contributed by atoms with E-state index in [1.807, 2.05) is 0 Å². The van der Waals surface area contributed by atoms with E-state index in [1.165, 1.54) is 31.0 Å². The number of carbonyl (C=O) groups excluding carboxylic acids is 1. The predicted octanol–water partition coefficient (Wildman–Crippen LogP) is 4.76. The van der Waals surface area contributed by atoms with Crippen LogP contribution in [0.3, 0.4) is 0 Å². The van der Waals surface area contributed by atoms with Gasteiger partial charge in [0.25, 0.3) is 5.91 Å². The number of hydrogen-bond donors (Lipinski definition) is 1. The second-order valence-corrected chi connectivity index (χ2v) is 12.1. The first kappa shape index (κ1) is 21.1.